The summed E-state index contributed by atoms with van der Waals surface area (Å²) < 4.78 is 0. The van der Waals surface area contributed by atoms with Gasteiger partial charge in [-0.25, -0.2) is 0 Å². The smallest absolute Gasteiger partial charge is 0.256 e. The maximum Gasteiger partial charge on any atom is 0.256 e. The predicted molar refractivity (Wildman–Crippen MR) is 84.3 cm³/mol. The molecule has 0 saturated carbocycles. The van der Waals surface area contributed by atoms with Crippen molar-refractivity contribution in [2.75, 3.05) is 5.32 Å². The highest BCUT2D eigenvalue weighted by Gasteiger charge is 2.26. The quantitative estimate of drug-likeness (QED) is 0.911. The summed E-state index contributed by atoms with van der Waals surface area (Å²) in [6.07, 6.45) is 2.81. The van der Waals surface area contributed by atoms with Gasteiger partial charge in [0.15, 0.2) is 0 Å². The number of hydrogen-bond donors (Lipinski definition) is 2. The van der Waals surface area contributed by atoms with Gasteiger partial charge in [-0.1, -0.05) is 17.7 Å². The van der Waals surface area contributed by atoms with Crippen LogP contribution in [0.2, 0.25) is 5.02 Å². The average Bonchev–Trinajstić information content (AvgIpc) is 2.98. The molecule has 0 radical (unpaired) electrons. The number of carbonyl (C=O) groups is 2. The molecule has 1 heterocycles. The summed E-state index contributed by atoms with van der Waals surface area (Å²) in [5, 5.41) is 3.82. The molecule has 3 rings (SSSR count). The summed E-state index contributed by atoms with van der Waals surface area (Å²) in [6, 6.07) is 6.67. The summed E-state index contributed by atoms with van der Waals surface area (Å²) in [7, 11) is 0. The van der Waals surface area contributed by atoms with E-state index < -0.39 is 5.91 Å². The van der Waals surface area contributed by atoms with Crippen molar-refractivity contribution in [3.05, 3.63) is 50.9 Å². The number of benzene rings is 1. The Morgan fingerprint density at radius 1 is 1.29 bits per heavy atom. The molecule has 1 aromatic carbocycles. The number of primary amides is 1. The van der Waals surface area contributed by atoms with Crippen LogP contribution in [0.4, 0.5) is 5.00 Å². The number of nitrogens with one attached hydrogen (secondary N) is 1. The van der Waals surface area contributed by atoms with Crippen molar-refractivity contribution in [3.63, 3.8) is 0 Å². The Kier molecular flexibility index (Phi) is 3.69. The molecular weight excluding hydrogens is 308 g/mol. The fraction of sp³-hybridized carbons (Fsp3) is 0.200. The minimum Gasteiger partial charge on any atom is -0.365 e. The molecule has 0 aliphatic heterocycles. The van der Waals surface area contributed by atoms with Gasteiger partial charge in [-0.15, -0.1) is 11.3 Å². The summed E-state index contributed by atoms with van der Waals surface area (Å²) in [6.45, 7) is 0. The first-order valence-electron chi connectivity index (χ1n) is 6.57. The normalized spacial score (nSPS) is 13.0. The highest BCUT2D eigenvalue weighted by atomic mass is 35.5. The van der Waals surface area contributed by atoms with E-state index in [1.165, 1.54) is 11.3 Å². The third-order valence-corrected chi connectivity index (χ3v) is 4.92. The van der Waals surface area contributed by atoms with Crippen LogP contribution in [-0.4, -0.2) is 11.8 Å². The molecule has 2 aromatic rings. The zero-order chi connectivity index (χ0) is 15.0. The SMILES string of the molecule is NC(=O)c1c(NC(=O)c2cccc(Cl)c2)sc2c1CCC2. The molecule has 2 amide bonds. The van der Waals surface area contributed by atoms with Crippen molar-refractivity contribution in [2.45, 2.75) is 19.3 Å². The topological polar surface area (TPSA) is 72.2 Å². The fourth-order valence-corrected chi connectivity index (χ4v) is 4.04. The Morgan fingerprint density at radius 2 is 2.10 bits per heavy atom. The van der Waals surface area contributed by atoms with E-state index in [0.717, 1.165) is 29.7 Å². The molecule has 0 bridgehead atoms. The van der Waals surface area contributed by atoms with Gasteiger partial charge < -0.3 is 11.1 Å². The fourth-order valence-electron chi connectivity index (χ4n) is 2.56. The molecule has 21 heavy (non-hydrogen) atoms. The van der Waals surface area contributed by atoms with Crippen LogP contribution in [0.25, 0.3) is 0 Å². The molecule has 4 nitrogen and oxygen atoms in total. The van der Waals surface area contributed by atoms with Crippen LogP contribution >= 0.6 is 22.9 Å². The van der Waals surface area contributed by atoms with Gasteiger partial charge in [0.25, 0.3) is 11.8 Å². The molecule has 0 fully saturated rings. The number of thiophene rings is 1. The lowest BCUT2D eigenvalue weighted by atomic mass is 10.1. The Balaban J connectivity index is 1.92. The van der Waals surface area contributed by atoms with E-state index in [4.69, 9.17) is 17.3 Å². The number of amides is 2. The monoisotopic (exact) mass is 320 g/mol. The van der Waals surface area contributed by atoms with Crippen LogP contribution in [0, 0.1) is 0 Å². The molecule has 6 heteroatoms. The number of halogens is 1. The molecule has 0 spiro atoms. The Morgan fingerprint density at radius 3 is 2.81 bits per heavy atom. The van der Waals surface area contributed by atoms with Gasteiger partial charge in [-0.3, -0.25) is 9.59 Å². The molecule has 1 aromatic heterocycles. The van der Waals surface area contributed by atoms with Gasteiger partial charge in [0.05, 0.1) is 5.56 Å². The average molecular weight is 321 g/mol. The maximum atomic E-state index is 12.3. The second-order valence-corrected chi connectivity index (χ2v) is 6.43. The number of carbonyl (C=O) groups excluding carboxylic acids is 2. The summed E-state index contributed by atoms with van der Waals surface area (Å²) >= 11 is 7.32. The van der Waals surface area contributed by atoms with Crippen molar-refractivity contribution < 1.29 is 9.59 Å². The number of fused-ring (bicyclic) bond motifs is 1. The summed E-state index contributed by atoms with van der Waals surface area (Å²) in [5.74, 6) is -0.782. The number of nitrogens with two attached hydrogens (primary N) is 1. The van der Waals surface area contributed by atoms with E-state index in [1.807, 2.05) is 0 Å². The Labute approximate surface area is 130 Å². The number of rotatable bonds is 3. The highest BCUT2D eigenvalue weighted by molar-refractivity contribution is 7.17. The summed E-state index contributed by atoms with van der Waals surface area (Å²) in [4.78, 5) is 25.1. The minimum atomic E-state index is -0.490. The van der Waals surface area contributed by atoms with Gasteiger partial charge in [0, 0.05) is 15.5 Å². The van der Waals surface area contributed by atoms with E-state index in [0.29, 0.717) is 21.2 Å². The highest BCUT2D eigenvalue weighted by Crippen LogP contribution is 2.39. The zero-order valence-electron chi connectivity index (χ0n) is 11.1. The van der Waals surface area contributed by atoms with Crippen LogP contribution < -0.4 is 11.1 Å². The lowest BCUT2D eigenvalue weighted by Gasteiger charge is -2.06. The van der Waals surface area contributed by atoms with Gasteiger partial charge in [-0.2, -0.15) is 0 Å². The molecule has 3 N–H and O–H groups in total. The third-order valence-electron chi connectivity index (χ3n) is 3.48. The van der Waals surface area contributed by atoms with E-state index in [9.17, 15) is 9.59 Å². The molecular formula is C15H13ClN2O2S. The predicted octanol–water partition coefficient (Wildman–Crippen LogP) is 3.24. The van der Waals surface area contributed by atoms with Crippen LogP contribution in [-0.2, 0) is 12.8 Å². The molecule has 0 unspecified atom stereocenters. The first-order chi connectivity index (χ1) is 10.1. The second kappa shape index (κ2) is 5.50. The van der Waals surface area contributed by atoms with Crippen molar-refractivity contribution in [2.24, 2.45) is 5.73 Å². The number of aryl methyl sites for hydroxylation is 1. The number of hydrogen-bond acceptors (Lipinski definition) is 3. The van der Waals surface area contributed by atoms with Crippen LogP contribution in [0.5, 0.6) is 0 Å². The van der Waals surface area contributed by atoms with Crippen molar-refractivity contribution >= 4 is 39.8 Å². The molecule has 108 valence electrons. The van der Waals surface area contributed by atoms with Crippen molar-refractivity contribution in [1.82, 2.24) is 0 Å². The first kappa shape index (κ1) is 14.1. The van der Waals surface area contributed by atoms with Gasteiger partial charge in [0.2, 0.25) is 0 Å². The van der Waals surface area contributed by atoms with Crippen LogP contribution in [0.15, 0.2) is 24.3 Å². The second-order valence-electron chi connectivity index (χ2n) is 4.89. The van der Waals surface area contributed by atoms with E-state index in [-0.39, 0.29) is 5.91 Å². The van der Waals surface area contributed by atoms with Crippen molar-refractivity contribution in [3.8, 4) is 0 Å². The number of anilines is 1. The van der Waals surface area contributed by atoms with Crippen LogP contribution in [0.1, 0.15) is 37.6 Å². The Bertz CT molecular complexity index is 739. The van der Waals surface area contributed by atoms with Gasteiger partial charge >= 0.3 is 0 Å². The van der Waals surface area contributed by atoms with Gasteiger partial charge in [0.1, 0.15) is 5.00 Å². The van der Waals surface area contributed by atoms with Gasteiger partial charge in [-0.05, 0) is 43.0 Å². The molecule has 0 atom stereocenters. The molecule has 1 aliphatic rings. The lowest BCUT2D eigenvalue weighted by Crippen LogP contribution is -2.17. The molecule has 1 aliphatic carbocycles. The zero-order valence-corrected chi connectivity index (χ0v) is 12.7. The Hall–Kier alpha value is -1.85. The third kappa shape index (κ3) is 2.66. The van der Waals surface area contributed by atoms with E-state index >= 15 is 0 Å². The largest absolute Gasteiger partial charge is 0.365 e. The standard InChI is InChI=1S/C15H13ClN2O2S/c16-9-4-1-3-8(7-9)14(20)18-15-12(13(17)19)10-5-2-6-11(10)21-15/h1,3-4,7H,2,5-6H2,(H2,17,19)(H,18,20). The van der Waals surface area contributed by atoms with Crippen molar-refractivity contribution in [1.29, 1.82) is 0 Å². The van der Waals surface area contributed by atoms with E-state index in [2.05, 4.69) is 5.32 Å². The van der Waals surface area contributed by atoms with Crippen LogP contribution in [0.3, 0.4) is 0 Å². The maximum absolute atomic E-state index is 12.3. The summed E-state index contributed by atoms with van der Waals surface area (Å²) in [5.41, 5.74) is 7.37. The minimum absolute atomic E-state index is 0.292. The van der Waals surface area contributed by atoms with E-state index in [1.54, 1.807) is 24.3 Å². The molecule has 0 saturated heterocycles. The lowest BCUT2D eigenvalue weighted by molar-refractivity contribution is 0.100. The first-order valence-corrected chi connectivity index (χ1v) is 7.77.